The predicted molar refractivity (Wildman–Crippen MR) is 94.5 cm³/mol. The number of hydrogen-bond acceptors (Lipinski definition) is 4. The second-order valence-electron chi connectivity index (χ2n) is 6.38. The highest BCUT2D eigenvalue weighted by Crippen LogP contribution is 2.23. The van der Waals surface area contributed by atoms with Gasteiger partial charge < -0.3 is 15.0 Å². The zero-order valence-corrected chi connectivity index (χ0v) is 14.7. The number of esters is 1. The maximum atomic E-state index is 13.8. The molecule has 3 rings (SSSR count). The third kappa shape index (κ3) is 3.55. The Morgan fingerprint density at radius 3 is 2.68 bits per heavy atom. The monoisotopic (exact) mass is 366 g/mol. The molecule has 25 heavy (non-hydrogen) atoms. The van der Waals surface area contributed by atoms with E-state index in [4.69, 9.17) is 22.1 Å². The van der Waals surface area contributed by atoms with Crippen LogP contribution >= 0.6 is 11.6 Å². The fraction of sp³-hybridized carbons (Fsp3) is 0.444. The van der Waals surface area contributed by atoms with E-state index in [9.17, 15) is 14.0 Å². The largest absolute Gasteiger partial charge is 0.459 e. The minimum absolute atomic E-state index is 0.0667. The zero-order chi connectivity index (χ0) is 18.1. The molecule has 1 fully saturated rings. The van der Waals surface area contributed by atoms with Gasteiger partial charge in [-0.2, -0.15) is 0 Å². The number of ether oxygens (including phenoxy) is 1. The molecule has 1 saturated carbocycles. The number of hydrogen-bond donors (Lipinski definition) is 1. The van der Waals surface area contributed by atoms with Gasteiger partial charge in [0.1, 0.15) is 17.5 Å². The van der Waals surface area contributed by atoms with Crippen LogP contribution in [0.25, 0.3) is 10.9 Å². The van der Waals surface area contributed by atoms with Crippen molar-refractivity contribution >= 4 is 28.5 Å². The van der Waals surface area contributed by atoms with Gasteiger partial charge in [0.2, 0.25) is 5.43 Å². The highest BCUT2D eigenvalue weighted by atomic mass is 35.5. The predicted octanol–water partition coefficient (Wildman–Crippen LogP) is 3.24. The van der Waals surface area contributed by atoms with Crippen molar-refractivity contribution in [3.8, 4) is 0 Å². The number of benzene rings is 1. The van der Waals surface area contributed by atoms with Crippen LogP contribution in [0.5, 0.6) is 0 Å². The van der Waals surface area contributed by atoms with Gasteiger partial charge >= 0.3 is 5.97 Å². The lowest BCUT2D eigenvalue weighted by Crippen LogP contribution is -2.32. The van der Waals surface area contributed by atoms with Crippen molar-refractivity contribution in [3.05, 3.63) is 45.0 Å². The quantitative estimate of drug-likeness (QED) is 0.846. The minimum atomic E-state index is -0.694. The van der Waals surface area contributed by atoms with Crippen molar-refractivity contribution in [1.29, 1.82) is 0 Å². The van der Waals surface area contributed by atoms with Crippen LogP contribution in [0, 0.1) is 5.82 Å². The number of pyridine rings is 1. The van der Waals surface area contributed by atoms with Crippen LogP contribution in [0.15, 0.2) is 23.1 Å². The van der Waals surface area contributed by atoms with E-state index in [1.165, 1.54) is 12.3 Å². The number of aryl methyl sites for hydroxylation is 1. The Labute approximate surface area is 149 Å². The lowest BCUT2D eigenvalue weighted by molar-refractivity contribution is 0.0195. The van der Waals surface area contributed by atoms with Gasteiger partial charge in [-0.25, -0.2) is 9.18 Å². The first-order chi connectivity index (χ1) is 11.9. The maximum absolute atomic E-state index is 13.8. The van der Waals surface area contributed by atoms with Crippen LogP contribution in [0.3, 0.4) is 0 Å². The SMILES string of the molecule is CCn1cc(C(=O)OC2CCC(N)CC2)c(=O)c2cc(F)c(Cl)cc21. The van der Waals surface area contributed by atoms with Crippen LogP contribution in [-0.4, -0.2) is 22.7 Å². The van der Waals surface area contributed by atoms with Gasteiger partial charge in [0, 0.05) is 24.2 Å². The fourth-order valence-corrected chi connectivity index (χ4v) is 3.37. The molecule has 0 amide bonds. The maximum Gasteiger partial charge on any atom is 0.343 e. The molecule has 1 heterocycles. The molecule has 0 unspecified atom stereocenters. The summed E-state index contributed by atoms with van der Waals surface area (Å²) in [6.45, 7) is 2.36. The molecule has 1 aliphatic carbocycles. The minimum Gasteiger partial charge on any atom is -0.459 e. The Balaban J connectivity index is 1.98. The molecule has 2 aromatic rings. The van der Waals surface area contributed by atoms with E-state index in [0.29, 0.717) is 24.9 Å². The first-order valence-electron chi connectivity index (χ1n) is 8.39. The zero-order valence-electron chi connectivity index (χ0n) is 13.9. The average molecular weight is 367 g/mol. The molecule has 0 saturated heterocycles. The molecule has 1 aromatic carbocycles. The highest BCUT2D eigenvalue weighted by Gasteiger charge is 2.24. The molecule has 134 valence electrons. The van der Waals surface area contributed by atoms with E-state index in [2.05, 4.69) is 0 Å². The van der Waals surface area contributed by atoms with Crippen molar-refractivity contribution in [3.63, 3.8) is 0 Å². The number of rotatable bonds is 3. The number of nitrogens with two attached hydrogens (primary N) is 1. The van der Waals surface area contributed by atoms with Crippen molar-refractivity contribution in [2.24, 2.45) is 5.73 Å². The second kappa shape index (κ2) is 7.14. The number of carbonyl (C=O) groups excluding carboxylic acids is 1. The average Bonchev–Trinajstić information content (AvgIpc) is 2.59. The van der Waals surface area contributed by atoms with Crippen LogP contribution in [0.2, 0.25) is 5.02 Å². The van der Waals surface area contributed by atoms with Crippen molar-refractivity contribution in [1.82, 2.24) is 4.57 Å². The van der Waals surface area contributed by atoms with Crippen LogP contribution < -0.4 is 11.2 Å². The van der Waals surface area contributed by atoms with Gasteiger partial charge in [0.25, 0.3) is 0 Å². The first kappa shape index (κ1) is 17.9. The summed E-state index contributed by atoms with van der Waals surface area (Å²) >= 11 is 5.82. The molecule has 7 heteroatoms. The molecule has 0 radical (unpaired) electrons. The van der Waals surface area contributed by atoms with E-state index in [1.54, 1.807) is 4.57 Å². The molecule has 0 bridgehead atoms. The van der Waals surface area contributed by atoms with Crippen molar-refractivity contribution in [2.45, 2.75) is 51.3 Å². The molecule has 0 aliphatic heterocycles. The summed E-state index contributed by atoms with van der Waals surface area (Å²) in [7, 11) is 0. The van der Waals surface area contributed by atoms with E-state index in [0.717, 1.165) is 18.9 Å². The smallest absolute Gasteiger partial charge is 0.343 e. The van der Waals surface area contributed by atoms with Gasteiger partial charge in [-0.05, 0) is 44.7 Å². The molecule has 1 aliphatic rings. The van der Waals surface area contributed by atoms with E-state index < -0.39 is 17.2 Å². The van der Waals surface area contributed by atoms with Crippen LogP contribution in [0.4, 0.5) is 4.39 Å². The number of nitrogens with zero attached hydrogens (tertiary/aromatic N) is 1. The number of carbonyl (C=O) groups is 1. The summed E-state index contributed by atoms with van der Waals surface area (Å²) in [5.74, 6) is -1.37. The number of fused-ring (bicyclic) bond motifs is 1. The summed E-state index contributed by atoms with van der Waals surface area (Å²) in [6, 6.07) is 2.61. The summed E-state index contributed by atoms with van der Waals surface area (Å²) in [5, 5.41) is 0.0480. The Kier molecular flexibility index (Phi) is 5.11. The van der Waals surface area contributed by atoms with Gasteiger partial charge in [-0.3, -0.25) is 4.79 Å². The normalized spacial score (nSPS) is 20.6. The standard InChI is InChI=1S/C18H20ClFN2O3/c1-2-22-9-13(18(24)25-11-5-3-10(21)4-6-11)17(23)12-7-15(20)14(19)8-16(12)22/h7-11H,2-6,21H2,1H3. The fourth-order valence-electron chi connectivity index (χ4n) is 3.21. The molecule has 0 spiro atoms. The highest BCUT2D eigenvalue weighted by molar-refractivity contribution is 6.31. The number of aromatic nitrogens is 1. The van der Waals surface area contributed by atoms with Gasteiger partial charge in [0.05, 0.1) is 10.5 Å². The molecule has 1 aromatic heterocycles. The lowest BCUT2D eigenvalue weighted by Gasteiger charge is -2.26. The lowest BCUT2D eigenvalue weighted by atomic mass is 9.94. The summed E-state index contributed by atoms with van der Waals surface area (Å²) < 4.78 is 21.0. The molecule has 2 N–H and O–H groups in total. The Bertz CT molecular complexity index is 873. The van der Waals surface area contributed by atoms with Gasteiger partial charge in [0.15, 0.2) is 0 Å². The Hall–Kier alpha value is -1.92. The van der Waals surface area contributed by atoms with Crippen LogP contribution in [-0.2, 0) is 11.3 Å². The summed E-state index contributed by atoms with van der Waals surface area (Å²) in [5.41, 5.74) is 5.69. The van der Waals surface area contributed by atoms with Gasteiger partial charge in [-0.1, -0.05) is 11.6 Å². The van der Waals surface area contributed by atoms with E-state index in [-0.39, 0.29) is 28.1 Å². The second-order valence-corrected chi connectivity index (χ2v) is 6.79. The third-order valence-electron chi connectivity index (χ3n) is 4.68. The van der Waals surface area contributed by atoms with Gasteiger partial charge in [-0.15, -0.1) is 0 Å². The van der Waals surface area contributed by atoms with Crippen molar-refractivity contribution < 1.29 is 13.9 Å². The van der Waals surface area contributed by atoms with Crippen LogP contribution in [0.1, 0.15) is 43.0 Å². The molecule has 5 nitrogen and oxygen atoms in total. The molecule has 0 atom stereocenters. The summed E-state index contributed by atoms with van der Waals surface area (Å²) in [4.78, 5) is 25.1. The first-order valence-corrected chi connectivity index (χ1v) is 8.77. The van der Waals surface area contributed by atoms with E-state index in [1.807, 2.05) is 6.92 Å². The van der Waals surface area contributed by atoms with Crippen molar-refractivity contribution in [2.75, 3.05) is 0 Å². The summed E-state index contributed by atoms with van der Waals surface area (Å²) in [6.07, 6.45) is 4.17. The molecular weight excluding hydrogens is 347 g/mol. The molecular formula is C18H20ClFN2O3. The Morgan fingerprint density at radius 1 is 1.36 bits per heavy atom. The Morgan fingerprint density at radius 2 is 2.04 bits per heavy atom. The number of halogens is 2. The third-order valence-corrected chi connectivity index (χ3v) is 4.97. The van der Waals surface area contributed by atoms with E-state index >= 15 is 0 Å². The topological polar surface area (TPSA) is 74.3 Å².